The number of likely N-dealkylation sites (N-methyl/N-ethyl adjacent to an activating group) is 2. The minimum atomic E-state index is 0.446. The molecule has 3 nitrogen and oxygen atoms in total. The van der Waals surface area contributed by atoms with Gasteiger partial charge in [-0.15, -0.1) is 0 Å². The Kier molecular flexibility index (Phi) is 5.58. The first-order valence-corrected chi connectivity index (χ1v) is 7.79. The fourth-order valence-electron chi connectivity index (χ4n) is 2.99. The molecule has 0 bridgehead atoms. The van der Waals surface area contributed by atoms with Gasteiger partial charge in [-0.1, -0.05) is 36.8 Å². The maximum Gasteiger partial charge on any atom is 0.0449 e. The lowest BCUT2D eigenvalue weighted by Crippen LogP contribution is -2.36. The molecule has 0 spiro atoms. The smallest absolute Gasteiger partial charge is 0.0449 e. The third-order valence-corrected chi connectivity index (χ3v) is 4.35. The van der Waals surface area contributed by atoms with E-state index in [1.807, 2.05) is 0 Å². The van der Waals surface area contributed by atoms with Gasteiger partial charge in [-0.25, -0.2) is 0 Å². The van der Waals surface area contributed by atoms with E-state index in [2.05, 4.69) is 67.3 Å². The van der Waals surface area contributed by atoms with Crippen LogP contribution in [-0.2, 0) is 0 Å². The maximum absolute atomic E-state index is 3.63. The number of benzene rings is 1. The van der Waals surface area contributed by atoms with E-state index >= 15 is 0 Å². The highest BCUT2D eigenvalue weighted by Crippen LogP contribution is 2.19. The summed E-state index contributed by atoms with van der Waals surface area (Å²) in [6, 6.07) is 10.1. The highest BCUT2D eigenvalue weighted by atomic mass is 15.2. The summed E-state index contributed by atoms with van der Waals surface area (Å²) in [5.41, 5.74) is 2.74. The molecule has 0 aromatic heterocycles. The molecule has 2 unspecified atom stereocenters. The van der Waals surface area contributed by atoms with E-state index in [-0.39, 0.29) is 0 Å². The molecule has 1 aliphatic rings. The fraction of sp³-hybridized carbons (Fsp3) is 0.647. The highest BCUT2D eigenvalue weighted by molar-refractivity contribution is 5.24. The number of aryl methyl sites for hydroxylation is 1. The predicted octanol–water partition coefficient (Wildman–Crippen LogP) is 2.28. The minimum Gasteiger partial charge on any atom is -0.309 e. The van der Waals surface area contributed by atoms with E-state index in [1.54, 1.807) is 0 Å². The van der Waals surface area contributed by atoms with E-state index in [0.717, 1.165) is 19.1 Å². The second-order valence-electron chi connectivity index (χ2n) is 6.19. The molecule has 0 aliphatic carbocycles. The molecule has 3 heteroatoms. The van der Waals surface area contributed by atoms with Crippen molar-refractivity contribution in [2.75, 3.05) is 40.3 Å². The van der Waals surface area contributed by atoms with Crippen LogP contribution in [0.25, 0.3) is 0 Å². The molecule has 0 radical (unpaired) electrons. The van der Waals surface area contributed by atoms with E-state index in [1.165, 1.54) is 30.6 Å². The summed E-state index contributed by atoms with van der Waals surface area (Å²) < 4.78 is 0. The van der Waals surface area contributed by atoms with Gasteiger partial charge in [-0.05, 0) is 46.1 Å². The molecule has 1 aromatic carbocycles. The van der Waals surface area contributed by atoms with Gasteiger partial charge in [0.25, 0.3) is 0 Å². The molecule has 112 valence electrons. The molecule has 20 heavy (non-hydrogen) atoms. The molecule has 0 amide bonds. The van der Waals surface area contributed by atoms with Gasteiger partial charge in [0.2, 0.25) is 0 Å². The normalized spacial score (nSPS) is 21.6. The molecular formula is C17H29N3. The summed E-state index contributed by atoms with van der Waals surface area (Å²) in [6.07, 6.45) is 1.29. The van der Waals surface area contributed by atoms with Crippen molar-refractivity contribution in [3.63, 3.8) is 0 Å². The van der Waals surface area contributed by atoms with Gasteiger partial charge in [0.05, 0.1) is 0 Å². The van der Waals surface area contributed by atoms with Crippen LogP contribution in [-0.4, -0.2) is 56.1 Å². The van der Waals surface area contributed by atoms with Crippen molar-refractivity contribution in [3.8, 4) is 0 Å². The Labute approximate surface area is 124 Å². The standard InChI is InChI=1S/C17H29N3/c1-5-18-17(15-8-6-14(2)7-9-15)13-20-11-10-16(12-20)19(3)4/h6-9,16-18H,5,10-13H2,1-4H3. The van der Waals surface area contributed by atoms with Crippen LogP contribution in [0.5, 0.6) is 0 Å². The monoisotopic (exact) mass is 275 g/mol. The van der Waals surface area contributed by atoms with E-state index in [0.29, 0.717) is 6.04 Å². The number of likely N-dealkylation sites (tertiary alicyclic amines) is 1. The van der Waals surface area contributed by atoms with Crippen molar-refractivity contribution in [2.45, 2.75) is 32.4 Å². The molecule has 2 atom stereocenters. The van der Waals surface area contributed by atoms with Crippen molar-refractivity contribution in [1.82, 2.24) is 15.1 Å². The van der Waals surface area contributed by atoms with Crippen molar-refractivity contribution in [3.05, 3.63) is 35.4 Å². The van der Waals surface area contributed by atoms with Crippen LogP contribution in [0, 0.1) is 6.92 Å². The summed E-state index contributed by atoms with van der Waals surface area (Å²) in [6.45, 7) is 8.88. The first-order valence-electron chi connectivity index (χ1n) is 7.79. The zero-order valence-corrected chi connectivity index (χ0v) is 13.4. The zero-order chi connectivity index (χ0) is 14.5. The first-order chi connectivity index (χ1) is 9.60. The molecule has 2 rings (SSSR count). The average Bonchev–Trinajstić information content (AvgIpc) is 2.88. The average molecular weight is 275 g/mol. The zero-order valence-electron chi connectivity index (χ0n) is 13.4. The van der Waals surface area contributed by atoms with Gasteiger partial charge in [-0.2, -0.15) is 0 Å². The van der Waals surface area contributed by atoms with E-state index in [4.69, 9.17) is 0 Å². The maximum atomic E-state index is 3.63. The van der Waals surface area contributed by atoms with Gasteiger partial charge in [0.15, 0.2) is 0 Å². The van der Waals surface area contributed by atoms with Gasteiger partial charge in [0.1, 0.15) is 0 Å². The second-order valence-corrected chi connectivity index (χ2v) is 6.19. The van der Waals surface area contributed by atoms with Crippen LogP contribution in [0.4, 0.5) is 0 Å². The number of rotatable bonds is 6. The molecule has 0 saturated carbocycles. The molecule has 1 saturated heterocycles. The lowest BCUT2D eigenvalue weighted by molar-refractivity contribution is 0.251. The summed E-state index contributed by atoms with van der Waals surface area (Å²) >= 11 is 0. The third-order valence-electron chi connectivity index (χ3n) is 4.35. The molecule has 1 heterocycles. The Bertz CT molecular complexity index is 399. The quantitative estimate of drug-likeness (QED) is 0.859. The van der Waals surface area contributed by atoms with Crippen LogP contribution in [0.3, 0.4) is 0 Å². The number of nitrogens with zero attached hydrogens (tertiary/aromatic N) is 2. The van der Waals surface area contributed by atoms with E-state index < -0.39 is 0 Å². The van der Waals surface area contributed by atoms with Gasteiger partial charge in [-0.3, -0.25) is 4.90 Å². The molecule has 1 aromatic rings. The second kappa shape index (κ2) is 7.21. The summed E-state index contributed by atoms with van der Waals surface area (Å²) in [7, 11) is 4.38. The Morgan fingerprint density at radius 3 is 2.55 bits per heavy atom. The lowest BCUT2D eigenvalue weighted by Gasteiger charge is -2.26. The third kappa shape index (κ3) is 4.05. The van der Waals surface area contributed by atoms with E-state index in [9.17, 15) is 0 Å². The fourth-order valence-corrected chi connectivity index (χ4v) is 2.99. The molecular weight excluding hydrogens is 246 g/mol. The Balaban J connectivity index is 1.98. The Hall–Kier alpha value is -0.900. The van der Waals surface area contributed by atoms with Gasteiger partial charge in [0, 0.05) is 25.2 Å². The predicted molar refractivity (Wildman–Crippen MR) is 86.1 cm³/mol. The Morgan fingerprint density at radius 2 is 2.00 bits per heavy atom. The molecule has 1 aliphatic heterocycles. The minimum absolute atomic E-state index is 0.446. The van der Waals surface area contributed by atoms with Gasteiger partial charge >= 0.3 is 0 Å². The number of hydrogen-bond acceptors (Lipinski definition) is 3. The largest absolute Gasteiger partial charge is 0.309 e. The lowest BCUT2D eigenvalue weighted by atomic mass is 10.0. The van der Waals surface area contributed by atoms with Crippen LogP contribution in [0.1, 0.15) is 30.5 Å². The molecule has 1 N–H and O–H groups in total. The Morgan fingerprint density at radius 1 is 1.30 bits per heavy atom. The number of nitrogens with one attached hydrogen (secondary N) is 1. The van der Waals surface area contributed by atoms with Crippen LogP contribution in [0.15, 0.2) is 24.3 Å². The topological polar surface area (TPSA) is 18.5 Å². The van der Waals surface area contributed by atoms with Gasteiger partial charge < -0.3 is 10.2 Å². The first kappa shape index (κ1) is 15.5. The summed E-state index contributed by atoms with van der Waals surface area (Å²) in [5, 5.41) is 3.63. The SMILES string of the molecule is CCNC(CN1CCC(N(C)C)C1)c1ccc(C)cc1. The highest BCUT2D eigenvalue weighted by Gasteiger charge is 2.26. The number of hydrogen-bond donors (Lipinski definition) is 1. The van der Waals surface area contributed by atoms with Crippen molar-refractivity contribution >= 4 is 0 Å². The van der Waals surface area contributed by atoms with Crippen molar-refractivity contribution in [1.29, 1.82) is 0 Å². The summed E-state index contributed by atoms with van der Waals surface area (Å²) in [5.74, 6) is 0. The van der Waals surface area contributed by atoms with Crippen LogP contribution >= 0.6 is 0 Å². The summed E-state index contributed by atoms with van der Waals surface area (Å²) in [4.78, 5) is 4.95. The molecule has 1 fully saturated rings. The van der Waals surface area contributed by atoms with Crippen LogP contribution in [0.2, 0.25) is 0 Å². The van der Waals surface area contributed by atoms with Crippen molar-refractivity contribution < 1.29 is 0 Å². The van der Waals surface area contributed by atoms with Crippen LogP contribution < -0.4 is 5.32 Å². The van der Waals surface area contributed by atoms with Crippen molar-refractivity contribution in [2.24, 2.45) is 0 Å².